The highest BCUT2D eigenvalue weighted by Crippen LogP contribution is 2.41. The van der Waals surface area contributed by atoms with E-state index in [-0.39, 0.29) is 17.4 Å². The largest absolute Gasteiger partial charge is 0.470 e. The van der Waals surface area contributed by atoms with Gasteiger partial charge in [0, 0.05) is 19.0 Å². The molecule has 4 rings (SSSR count). The van der Waals surface area contributed by atoms with Gasteiger partial charge < -0.3 is 18.9 Å². The predicted molar refractivity (Wildman–Crippen MR) is 127 cm³/mol. The van der Waals surface area contributed by atoms with Crippen molar-refractivity contribution in [3.63, 3.8) is 0 Å². The molecule has 1 aromatic heterocycles. The van der Waals surface area contributed by atoms with Crippen LogP contribution >= 0.6 is 0 Å². The first-order valence-electron chi connectivity index (χ1n) is 11.5. The number of hydrogen-bond acceptors (Lipinski definition) is 5. The summed E-state index contributed by atoms with van der Waals surface area (Å²) in [5.74, 6) is 1.49. The van der Waals surface area contributed by atoms with Crippen LogP contribution in [-0.4, -0.2) is 36.3 Å². The van der Waals surface area contributed by atoms with Gasteiger partial charge in [0.1, 0.15) is 6.61 Å². The van der Waals surface area contributed by atoms with E-state index < -0.39 is 0 Å². The quantitative estimate of drug-likeness (QED) is 0.467. The molecule has 1 aliphatic heterocycles. The van der Waals surface area contributed by atoms with E-state index in [4.69, 9.17) is 14.0 Å². The van der Waals surface area contributed by atoms with Gasteiger partial charge in [-0.2, -0.15) is 0 Å². The van der Waals surface area contributed by atoms with E-state index in [1.807, 2.05) is 30.3 Å². The third-order valence-electron chi connectivity index (χ3n) is 6.24. The van der Waals surface area contributed by atoms with Crippen LogP contribution in [0.3, 0.4) is 0 Å². The van der Waals surface area contributed by atoms with E-state index in [0.29, 0.717) is 25.6 Å². The number of likely N-dealkylation sites (tertiary alicyclic amines) is 1. The number of nitrogens with zero attached hydrogens (tertiary/aromatic N) is 2. The SMILES string of the molecule is COC(=O)N1CCC(c2onc(OCc3ccccc3)c2-c2ccc(C(C)(C)C)cc2)CC1. The van der Waals surface area contributed by atoms with Crippen molar-refractivity contribution >= 4 is 6.09 Å². The molecule has 1 saturated heterocycles. The molecule has 33 heavy (non-hydrogen) atoms. The number of piperidine rings is 1. The number of hydrogen-bond donors (Lipinski definition) is 0. The first-order valence-corrected chi connectivity index (χ1v) is 11.5. The molecule has 2 heterocycles. The molecular weight excluding hydrogens is 416 g/mol. The molecule has 2 aromatic carbocycles. The molecule has 0 bridgehead atoms. The third kappa shape index (κ3) is 5.21. The molecule has 0 radical (unpaired) electrons. The summed E-state index contributed by atoms with van der Waals surface area (Å²) in [6.45, 7) is 8.28. The second kappa shape index (κ2) is 9.69. The Morgan fingerprint density at radius 1 is 1.06 bits per heavy atom. The van der Waals surface area contributed by atoms with Crippen LogP contribution in [0.25, 0.3) is 11.1 Å². The minimum atomic E-state index is -0.282. The van der Waals surface area contributed by atoms with Crippen LogP contribution in [0.15, 0.2) is 59.1 Å². The average Bonchev–Trinajstić information content (AvgIpc) is 3.26. The highest BCUT2D eigenvalue weighted by atomic mass is 16.5. The zero-order chi connectivity index (χ0) is 23.4. The van der Waals surface area contributed by atoms with E-state index in [2.05, 4.69) is 50.2 Å². The molecule has 6 nitrogen and oxygen atoms in total. The first kappa shape index (κ1) is 22.9. The number of methoxy groups -OCH3 is 1. The lowest BCUT2D eigenvalue weighted by atomic mass is 9.85. The maximum atomic E-state index is 11.9. The molecule has 0 aliphatic carbocycles. The summed E-state index contributed by atoms with van der Waals surface area (Å²) in [5, 5.41) is 4.32. The highest BCUT2D eigenvalue weighted by Gasteiger charge is 2.31. The number of aromatic nitrogens is 1. The Morgan fingerprint density at radius 3 is 2.33 bits per heavy atom. The third-order valence-corrected chi connectivity index (χ3v) is 6.24. The van der Waals surface area contributed by atoms with Gasteiger partial charge in [0.15, 0.2) is 5.76 Å². The Balaban J connectivity index is 1.62. The number of carbonyl (C=O) groups excluding carboxylic acids is 1. The van der Waals surface area contributed by atoms with Crippen molar-refractivity contribution in [1.82, 2.24) is 10.1 Å². The standard InChI is InChI=1S/C27H32N2O4/c1-27(2,3)22-12-10-20(11-13-22)23-24(21-14-16-29(17-15-21)26(30)31-4)33-28-25(23)32-18-19-8-6-5-7-9-19/h5-13,21H,14-18H2,1-4H3. The van der Waals surface area contributed by atoms with Crippen LogP contribution in [-0.2, 0) is 16.8 Å². The number of rotatable bonds is 5. The lowest BCUT2D eigenvalue weighted by Crippen LogP contribution is -2.37. The summed E-state index contributed by atoms with van der Waals surface area (Å²) in [7, 11) is 1.42. The minimum Gasteiger partial charge on any atom is -0.470 e. The van der Waals surface area contributed by atoms with Gasteiger partial charge in [0.25, 0.3) is 5.88 Å². The van der Waals surface area contributed by atoms with E-state index in [0.717, 1.165) is 35.3 Å². The van der Waals surface area contributed by atoms with Crippen molar-refractivity contribution < 1.29 is 18.8 Å². The van der Waals surface area contributed by atoms with Crippen LogP contribution in [0, 0.1) is 0 Å². The lowest BCUT2D eigenvalue weighted by Gasteiger charge is -2.30. The van der Waals surface area contributed by atoms with Crippen molar-refractivity contribution in [2.45, 2.75) is 51.6 Å². The van der Waals surface area contributed by atoms with E-state index in [9.17, 15) is 4.79 Å². The van der Waals surface area contributed by atoms with E-state index in [1.54, 1.807) is 4.90 Å². The molecule has 0 saturated carbocycles. The van der Waals surface area contributed by atoms with Gasteiger partial charge in [-0.15, -0.1) is 0 Å². The lowest BCUT2D eigenvalue weighted by molar-refractivity contribution is 0.110. The van der Waals surface area contributed by atoms with Gasteiger partial charge >= 0.3 is 6.09 Å². The molecule has 0 N–H and O–H groups in total. The Bertz CT molecular complexity index is 1060. The van der Waals surface area contributed by atoms with Crippen LogP contribution in [0.4, 0.5) is 4.79 Å². The summed E-state index contributed by atoms with van der Waals surface area (Å²) in [4.78, 5) is 13.6. The normalized spacial score (nSPS) is 14.8. The van der Waals surface area contributed by atoms with Crippen molar-refractivity contribution in [2.75, 3.05) is 20.2 Å². The van der Waals surface area contributed by atoms with Gasteiger partial charge in [-0.05, 0) is 40.1 Å². The van der Waals surface area contributed by atoms with Gasteiger partial charge in [0.2, 0.25) is 0 Å². The summed E-state index contributed by atoms with van der Waals surface area (Å²) < 4.78 is 16.9. The molecule has 1 fully saturated rings. The highest BCUT2D eigenvalue weighted by molar-refractivity contribution is 5.72. The number of benzene rings is 2. The summed E-state index contributed by atoms with van der Waals surface area (Å²) in [6, 6.07) is 18.6. The molecule has 0 atom stereocenters. The second-order valence-corrected chi connectivity index (χ2v) is 9.56. The second-order valence-electron chi connectivity index (χ2n) is 9.56. The number of carbonyl (C=O) groups is 1. The zero-order valence-electron chi connectivity index (χ0n) is 19.8. The fourth-order valence-corrected chi connectivity index (χ4v) is 4.25. The Hall–Kier alpha value is -3.28. The molecular formula is C27H32N2O4. The van der Waals surface area contributed by atoms with Crippen LogP contribution in [0.5, 0.6) is 5.88 Å². The fourth-order valence-electron chi connectivity index (χ4n) is 4.25. The first-order chi connectivity index (χ1) is 15.9. The topological polar surface area (TPSA) is 64.8 Å². The molecule has 0 unspecified atom stereocenters. The minimum absolute atomic E-state index is 0.0728. The fraction of sp³-hybridized carbons (Fsp3) is 0.407. The van der Waals surface area contributed by atoms with Crippen molar-refractivity contribution in [3.8, 4) is 17.0 Å². The van der Waals surface area contributed by atoms with E-state index in [1.165, 1.54) is 12.7 Å². The van der Waals surface area contributed by atoms with Gasteiger partial charge in [-0.1, -0.05) is 75.4 Å². The average molecular weight is 449 g/mol. The zero-order valence-corrected chi connectivity index (χ0v) is 19.8. The predicted octanol–water partition coefficient (Wildman–Crippen LogP) is 6.16. The summed E-state index contributed by atoms with van der Waals surface area (Å²) >= 11 is 0. The van der Waals surface area contributed by atoms with Gasteiger partial charge in [0.05, 0.1) is 12.7 Å². The summed E-state index contributed by atoms with van der Waals surface area (Å²) in [6.07, 6.45) is 1.29. The molecule has 3 aromatic rings. The maximum Gasteiger partial charge on any atom is 0.409 e. The van der Waals surface area contributed by atoms with Crippen LogP contribution in [0.2, 0.25) is 0 Å². The van der Waals surface area contributed by atoms with Crippen molar-refractivity contribution in [3.05, 3.63) is 71.5 Å². The molecule has 1 aliphatic rings. The van der Waals surface area contributed by atoms with E-state index >= 15 is 0 Å². The smallest absolute Gasteiger partial charge is 0.409 e. The van der Waals surface area contributed by atoms with Gasteiger partial charge in [-0.25, -0.2) is 4.79 Å². The summed E-state index contributed by atoms with van der Waals surface area (Å²) in [5.41, 5.74) is 4.34. The molecule has 6 heteroatoms. The Kier molecular flexibility index (Phi) is 6.72. The van der Waals surface area contributed by atoms with Crippen molar-refractivity contribution in [1.29, 1.82) is 0 Å². The van der Waals surface area contributed by atoms with Crippen LogP contribution in [0.1, 0.15) is 56.4 Å². The monoisotopic (exact) mass is 448 g/mol. The van der Waals surface area contributed by atoms with Crippen molar-refractivity contribution in [2.24, 2.45) is 0 Å². The molecule has 174 valence electrons. The number of amides is 1. The van der Waals surface area contributed by atoms with Crippen LogP contribution < -0.4 is 4.74 Å². The maximum absolute atomic E-state index is 11.9. The Morgan fingerprint density at radius 2 is 1.73 bits per heavy atom. The number of ether oxygens (including phenoxy) is 2. The Labute approximate surface area is 195 Å². The van der Waals surface area contributed by atoms with Gasteiger partial charge in [-0.3, -0.25) is 0 Å². The molecule has 1 amide bonds. The molecule has 0 spiro atoms.